The molecule has 0 aromatic heterocycles. The molecule has 2 aliphatic rings. The van der Waals surface area contributed by atoms with Crippen molar-refractivity contribution in [1.29, 1.82) is 0 Å². The van der Waals surface area contributed by atoms with Gasteiger partial charge in [0.1, 0.15) is 0 Å². The van der Waals surface area contributed by atoms with Crippen LogP contribution in [0.15, 0.2) is 0 Å². The smallest absolute Gasteiger partial charge is 0.0628 e. The van der Waals surface area contributed by atoms with Gasteiger partial charge in [0.15, 0.2) is 0 Å². The van der Waals surface area contributed by atoms with E-state index in [-0.39, 0.29) is 12.1 Å². The van der Waals surface area contributed by atoms with Crippen LogP contribution in [0.5, 0.6) is 0 Å². The average molecular weight is 282 g/mol. The van der Waals surface area contributed by atoms with Crippen molar-refractivity contribution in [1.82, 2.24) is 10.2 Å². The van der Waals surface area contributed by atoms with Crippen LogP contribution >= 0.6 is 0 Å². The third-order valence-electron chi connectivity index (χ3n) is 5.35. The lowest BCUT2D eigenvalue weighted by molar-refractivity contribution is 0.0799. The summed E-state index contributed by atoms with van der Waals surface area (Å²) in [7, 11) is 2.27. The van der Waals surface area contributed by atoms with Gasteiger partial charge in [-0.3, -0.25) is 0 Å². The van der Waals surface area contributed by atoms with Gasteiger partial charge >= 0.3 is 0 Å². The molecule has 0 aromatic rings. The number of hydrogen-bond donors (Lipinski definition) is 2. The summed E-state index contributed by atoms with van der Waals surface area (Å²) >= 11 is 0. The molecule has 0 saturated heterocycles. The zero-order chi connectivity index (χ0) is 14.4. The van der Waals surface area contributed by atoms with Crippen molar-refractivity contribution in [3.8, 4) is 0 Å². The van der Waals surface area contributed by atoms with E-state index in [4.69, 9.17) is 0 Å². The summed E-state index contributed by atoms with van der Waals surface area (Å²) in [5, 5.41) is 13.7. The van der Waals surface area contributed by atoms with E-state index in [0.29, 0.717) is 5.92 Å². The van der Waals surface area contributed by atoms with Crippen molar-refractivity contribution in [2.24, 2.45) is 5.92 Å². The normalized spacial score (nSPS) is 24.6. The van der Waals surface area contributed by atoms with Crippen LogP contribution in [0.25, 0.3) is 0 Å². The van der Waals surface area contributed by atoms with Crippen LogP contribution in [0.1, 0.15) is 64.7 Å². The molecular weight excluding hydrogens is 248 g/mol. The highest BCUT2D eigenvalue weighted by Gasteiger charge is 2.45. The molecule has 118 valence electrons. The van der Waals surface area contributed by atoms with Crippen LogP contribution in [-0.4, -0.2) is 48.3 Å². The Balaban J connectivity index is 1.94. The van der Waals surface area contributed by atoms with Gasteiger partial charge < -0.3 is 15.3 Å². The average Bonchev–Trinajstić information content (AvgIpc) is 3.29. The molecule has 2 rings (SSSR count). The molecule has 2 N–H and O–H groups in total. The van der Waals surface area contributed by atoms with Gasteiger partial charge in [-0.15, -0.1) is 0 Å². The monoisotopic (exact) mass is 282 g/mol. The van der Waals surface area contributed by atoms with Crippen molar-refractivity contribution < 1.29 is 5.11 Å². The molecule has 2 aliphatic carbocycles. The Labute approximate surface area is 125 Å². The molecule has 3 heteroatoms. The van der Waals surface area contributed by atoms with Crippen molar-refractivity contribution >= 4 is 0 Å². The van der Waals surface area contributed by atoms with E-state index in [0.717, 1.165) is 25.6 Å². The van der Waals surface area contributed by atoms with E-state index in [1.165, 1.54) is 51.4 Å². The van der Waals surface area contributed by atoms with E-state index in [1.54, 1.807) is 0 Å². The van der Waals surface area contributed by atoms with E-state index in [1.807, 2.05) is 0 Å². The Morgan fingerprint density at radius 3 is 2.25 bits per heavy atom. The second kappa shape index (κ2) is 7.77. The fraction of sp³-hybridized carbons (Fsp3) is 1.00. The molecule has 0 aliphatic heterocycles. The molecule has 2 fully saturated rings. The van der Waals surface area contributed by atoms with E-state index in [2.05, 4.69) is 24.2 Å². The lowest BCUT2D eigenvalue weighted by Gasteiger charge is -2.40. The van der Waals surface area contributed by atoms with Crippen molar-refractivity contribution in [3.63, 3.8) is 0 Å². The summed E-state index contributed by atoms with van der Waals surface area (Å²) in [6.07, 6.45) is 12.0. The number of nitrogens with zero attached hydrogens (tertiary/aromatic N) is 1. The Bertz CT molecular complexity index is 272. The molecule has 0 amide bonds. The van der Waals surface area contributed by atoms with Crippen molar-refractivity contribution in [3.05, 3.63) is 0 Å². The fourth-order valence-electron chi connectivity index (χ4n) is 3.85. The lowest BCUT2D eigenvalue weighted by atomic mass is 9.92. The minimum Gasteiger partial charge on any atom is -0.394 e. The fourth-order valence-corrected chi connectivity index (χ4v) is 3.85. The summed E-state index contributed by atoms with van der Waals surface area (Å²) in [6.45, 7) is 4.53. The predicted octanol–water partition coefficient (Wildman–Crippen LogP) is 2.78. The highest BCUT2D eigenvalue weighted by atomic mass is 16.3. The number of hydrogen-bond acceptors (Lipinski definition) is 3. The van der Waals surface area contributed by atoms with Crippen LogP contribution in [-0.2, 0) is 0 Å². The predicted molar refractivity (Wildman–Crippen MR) is 85.0 cm³/mol. The van der Waals surface area contributed by atoms with Gasteiger partial charge in [0.25, 0.3) is 0 Å². The summed E-state index contributed by atoms with van der Waals surface area (Å²) in [5.41, 5.74) is -0.0446. The Morgan fingerprint density at radius 2 is 1.75 bits per heavy atom. The largest absolute Gasteiger partial charge is 0.394 e. The topological polar surface area (TPSA) is 35.5 Å². The summed E-state index contributed by atoms with van der Waals surface area (Å²) in [4.78, 5) is 2.54. The Morgan fingerprint density at radius 1 is 1.10 bits per heavy atom. The minimum atomic E-state index is -0.0446. The molecular formula is C17H34N2O. The zero-order valence-corrected chi connectivity index (χ0v) is 13.5. The van der Waals surface area contributed by atoms with Crippen LogP contribution in [0.4, 0.5) is 0 Å². The van der Waals surface area contributed by atoms with Gasteiger partial charge in [-0.1, -0.05) is 32.6 Å². The van der Waals surface area contributed by atoms with Crippen LogP contribution in [0.3, 0.4) is 0 Å². The van der Waals surface area contributed by atoms with Crippen LogP contribution in [0.2, 0.25) is 0 Å². The molecule has 1 atom stereocenters. The van der Waals surface area contributed by atoms with Gasteiger partial charge in [-0.05, 0) is 51.6 Å². The second-order valence-electron chi connectivity index (χ2n) is 7.08. The summed E-state index contributed by atoms with van der Waals surface area (Å²) < 4.78 is 0. The number of aliphatic hydroxyl groups excluding tert-OH is 1. The van der Waals surface area contributed by atoms with Crippen molar-refractivity contribution in [2.75, 3.05) is 26.7 Å². The van der Waals surface area contributed by atoms with E-state index in [9.17, 15) is 5.11 Å². The molecule has 2 saturated carbocycles. The van der Waals surface area contributed by atoms with Crippen LogP contribution in [0, 0.1) is 5.92 Å². The number of likely N-dealkylation sites (N-methyl/N-ethyl adjacent to an activating group) is 1. The second-order valence-corrected chi connectivity index (χ2v) is 7.08. The van der Waals surface area contributed by atoms with Gasteiger partial charge in [0.05, 0.1) is 12.1 Å². The lowest BCUT2D eigenvalue weighted by Crippen LogP contribution is -2.58. The summed E-state index contributed by atoms with van der Waals surface area (Å²) in [5.74, 6) is 0.687. The number of aliphatic hydroxyl groups is 1. The van der Waals surface area contributed by atoms with Gasteiger partial charge in [0.2, 0.25) is 0 Å². The zero-order valence-electron chi connectivity index (χ0n) is 13.5. The van der Waals surface area contributed by atoms with Crippen molar-refractivity contribution in [2.45, 2.75) is 76.3 Å². The molecule has 0 aromatic carbocycles. The molecule has 1 unspecified atom stereocenters. The maximum Gasteiger partial charge on any atom is 0.0628 e. The maximum atomic E-state index is 10.0. The Hall–Kier alpha value is -0.120. The highest BCUT2D eigenvalue weighted by Crippen LogP contribution is 2.40. The molecule has 20 heavy (non-hydrogen) atoms. The Kier molecular flexibility index (Phi) is 6.31. The first-order valence-corrected chi connectivity index (χ1v) is 8.78. The van der Waals surface area contributed by atoms with Gasteiger partial charge in [-0.2, -0.15) is 0 Å². The first kappa shape index (κ1) is 16.3. The molecule has 3 nitrogen and oxygen atoms in total. The molecule has 0 spiro atoms. The first-order chi connectivity index (χ1) is 9.72. The number of nitrogens with one attached hydrogen (secondary N) is 1. The molecule has 0 radical (unpaired) electrons. The molecule has 0 bridgehead atoms. The third kappa shape index (κ3) is 4.19. The van der Waals surface area contributed by atoms with E-state index >= 15 is 0 Å². The van der Waals surface area contributed by atoms with E-state index < -0.39 is 0 Å². The SMILES string of the molecule is CCCNC(CO)(CN(C)C1CCCCCC1)C1CC1. The van der Waals surface area contributed by atoms with Gasteiger partial charge in [0, 0.05) is 12.6 Å². The van der Waals surface area contributed by atoms with Crippen LogP contribution < -0.4 is 5.32 Å². The van der Waals surface area contributed by atoms with Gasteiger partial charge in [-0.25, -0.2) is 0 Å². The summed E-state index contributed by atoms with van der Waals surface area (Å²) in [6, 6.07) is 0.727. The standard InChI is InChI=1S/C17H34N2O/c1-3-12-18-17(14-20,15-10-11-15)13-19(2)16-8-6-4-5-7-9-16/h15-16,18,20H,3-14H2,1-2H3. The third-order valence-corrected chi connectivity index (χ3v) is 5.35. The quantitative estimate of drug-likeness (QED) is 0.672. The highest BCUT2D eigenvalue weighted by molar-refractivity contribution is 5.03. The first-order valence-electron chi connectivity index (χ1n) is 8.78. The minimum absolute atomic E-state index is 0.0446. The molecule has 0 heterocycles. The maximum absolute atomic E-state index is 10.0. The number of rotatable bonds is 8.